The van der Waals surface area contributed by atoms with Crippen molar-refractivity contribution in [2.45, 2.75) is 6.10 Å². The SMILES string of the molecule is N#Cc1cccnc1N1CCOC(c2noc(-c3ccccc3)n2)C1. The highest BCUT2D eigenvalue weighted by Crippen LogP contribution is 2.27. The summed E-state index contributed by atoms with van der Waals surface area (Å²) in [5, 5.41) is 13.3. The number of morpholine rings is 1. The van der Waals surface area contributed by atoms with Crippen LogP contribution in [0.1, 0.15) is 17.5 Å². The van der Waals surface area contributed by atoms with Gasteiger partial charge in [0.2, 0.25) is 5.82 Å². The first-order chi connectivity index (χ1) is 12.3. The lowest BCUT2D eigenvalue weighted by atomic mass is 10.2. The topological polar surface area (TPSA) is 88.1 Å². The molecule has 1 atom stereocenters. The second kappa shape index (κ2) is 6.71. The monoisotopic (exact) mass is 333 g/mol. The average molecular weight is 333 g/mol. The molecular formula is C18H15N5O2. The minimum atomic E-state index is -0.330. The molecule has 2 aromatic heterocycles. The van der Waals surface area contributed by atoms with E-state index in [1.807, 2.05) is 35.2 Å². The number of ether oxygens (including phenoxy) is 1. The number of aromatic nitrogens is 3. The van der Waals surface area contributed by atoms with Crippen LogP contribution < -0.4 is 4.90 Å². The summed E-state index contributed by atoms with van der Waals surface area (Å²) in [6.45, 7) is 1.67. The molecule has 1 aromatic carbocycles. The lowest BCUT2D eigenvalue weighted by Gasteiger charge is -2.32. The average Bonchev–Trinajstić information content (AvgIpc) is 3.19. The largest absolute Gasteiger partial charge is 0.366 e. The molecule has 3 aromatic rings. The Balaban J connectivity index is 1.56. The second-order valence-corrected chi connectivity index (χ2v) is 5.62. The third-order valence-corrected chi connectivity index (χ3v) is 4.02. The number of nitriles is 1. The van der Waals surface area contributed by atoms with E-state index in [0.717, 1.165) is 5.56 Å². The second-order valence-electron chi connectivity index (χ2n) is 5.62. The fraction of sp³-hybridized carbons (Fsp3) is 0.222. The lowest BCUT2D eigenvalue weighted by molar-refractivity contribution is 0.0323. The Labute approximate surface area is 144 Å². The van der Waals surface area contributed by atoms with E-state index >= 15 is 0 Å². The van der Waals surface area contributed by atoms with Crippen LogP contribution in [0.2, 0.25) is 0 Å². The smallest absolute Gasteiger partial charge is 0.258 e. The van der Waals surface area contributed by atoms with Gasteiger partial charge in [-0.25, -0.2) is 4.98 Å². The molecule has 0 saturated carbocycles. The van der Waals surface area contributed by atoms with Gasteiger partial charge in [-0.05, 0) is 24.3 Å². The Bertz CT molecular complexity index is 903. The molecule has 0 bridgehead atoms. The maximum Gasteiger partial charge on any atom is 0.258 e. The zero-order valence-electron chi connectivity index (χ0n) is 13.4. The van der Waals surface area contributed by atoms with Crippen LogP contribution in [0.4, 0.5) is 5.82 Å². The van der Waals surface area contributed by atoms with E-state index in [4.69, 9.17) is 9.26 Å². The molecule has 0 radical (unpaired) electrons. The molecule has 4 rings (SSSR count). The van der Waals surface area contributed by atoms with Crippen LogP contribution in [-0.2, 0) is 4.74 Å². The predicted molar refractivity (Wildman–Crippen MR) is 89.6 cm³/mol. The number of hydrogen-bond acceptors (Lipinski definition) is 7. The molecule has 0 spiro atoms. The summed E-state index contributed by atoms with van der Waals surface area (Å²) in [6.07, 6.45) is 1.35. The van der Waals surface area contributed by atoms with Crippen molar-refractivity contribution < 1.29 is 9.26 Å². The third-order valence-electron chi connectivity index (χ3n) is 4.02. The van der Waals surface area contributed by atoms with Gasteiger partial charge in [-0.2, -0.15) is 10.2 Å². The number of benzene rings is 1. The molecule has 1 aliphatic rings. The van der Waals surface area contributed by atoms with Crippen molar-refractivity contribution in [3.05, 3.63) is 60.0 Å². The zero-order valence-corrected chi connectivity index (χ0v) is 13.4. The van der Waals surface area contributed by atoms with Crippen molar-refractivity contribution in [1.82, 2.24) is 15.1 Å². The van der Waals surface area contributed by atoms with Gasteiger partial charge in [0, 0.05) is 18.3 Å². The summed E-state index contributed by atoms with van der Waals surface area (Å²) < 4.78 is 11.2. The summed E-state index contributed by atoms with van der Waals surface area (Å²) in [7, 11) is 0. The molecule has 0 N–H and O–H groups in total. The van der Waals surface area contributed by atoms with Crippen LogP contribution >= 0.6 is 0 Å². The van der Waals surface area contributed by atoms with E-state index in [1.54, 1.807) is 18.3 Å². The van der Waals surface area contributed by atoms with Crippen LogP contribution in [0.15, 0.2) is 53.2 Å². The molecule has 1 aliphatic heterocycles. The number of anilines is 1. The summed E-state index contributed by atoms with van der Waals surface area (Å²) in [5.74, 6) is 1.62. The van der Waals surface area contributed by atoms with Crippen LogP contribution in [0.25, 0.3) is 11.5 Å². The van der Waals surface area contributed by atoms with Gasteiger partial charge in [-0.3, -0.25) is 0 Å². The van der Waals surface area contributed by atoms with E-state index in [2.05, 4.69) is 21.2 Å². The normalized spacial score (nSPS) is 17.2. The van der Waals surface area contributed by atoms with Crippen LogP contribution in [0.5, 0.6) is 0 Å². The van der Waals surface area contributed by atoms with Crippen molar-refractivity contribution in [2.75, 3.05) is 24.6 Å². The molecule has 25 heavy (non-hydrogen) atoms. The molecule has 7 nitrogen and oxygen atoms in total. The minimum absolute atomic E-state index is 0.330. The highest BCUT2D eigenvalue weighted by atomic mass is 16.5. The molecule has 0 amide bonds. The molecular weight excluding hydrogens is 318 g/mol. The molecule has 3 heterocycles. The Hall–Kier alpha value is -3.24. The Morgan fingerprint density at radius 3 is 2.88 bits per heavy atom. The fourth-order valence-electron chi connectivity index (χ4n) is 2.80. The quantitative estimate of drug-likeness (QED) is 0.728. The summed E-state index contributed by atoms with van der Waals surface area (Å²) in [6, 6.07) is 15.3. The molecule has 1 fully saturated rings. The van der Waals surface area contributed by atoms with Crippen molar-refractivity contribution in [3.63, 3.8) is 0 Å². The van der Waals surface area contributed by atoms with Gasteiger partial charge in [0.25, 0.3) is 5.89 Å². The van der Waals surface area contributed by atoms with Gasteiger partial charge in [0.1, 0.15) is 18.0 Å². The van der Waals surface area contributed by atoms with Crippen molar-refractivity contribution in [3.8, 4) is 17.5 Å². The van der Waals surface area contributed by atoms with Crippen molar-refractivity contribution >= 4 is 5.82 Å². The standard InChI is InChI=1S/C18H15N5O2/c19-11-14-7-4-8-20-17(14)23-9-10-24-15(12-23)16-21-18(25-22-16)13-5-2-1-3-6-13/h1-8,15H,9-10,12H2. The van der Waals surface area contributed by atoms with Gasteiger partial charge in [0.05, 0.1) is 18.7 Å². The summed E-state index contributed by atoms with van der Waals surface area (Å²) in [5.41, 5.74) is 1.41. The minimum Gasteiger partial charge on any atom is -0.366 e. The first-order valence-electron chi connectivity index (χ1n) is 7.96. The third kappa shape index (κ3) is 3.07. The molecule has 1 saturated heterocycles. The van der Waals surface area contributed by atoms with Gasteiger partial charge < -0.3 is 14.2 Å². The van der Waals surface area contributed by atoms with E-state index in [9.17, 15) is 5.26 Å². The van der Waals surface area contributed by atoms with Crippen molar-refractivity contribution in [2.24, 2.45) is 0 Å². The van der Waals surface area contributed by atoms with E-state index < -0.39 is 0 Å². The van der Waals surface area contributed by atoms with E-state index in [0.29, 0.717) is 42.8 Å². The molecule has 124 valence electrons. The Morgan fingerprint density at radius 1 is 1.16 bits per heavy atom. The first-order valence-corrected chi connectivity index (χ1v) is 7.96. The number of rotatable bonds is 3. The van der Waals surface area contributed by atoms with Crippen molar-refractivity contribution in [1.29, 1.82) is 5.26 Å². The number of hydrogen-bond donors (Lipinski definition) is 0. The van der Waals surface area contributed by atoms with E-state index in [1.165, 1.54) is 0 Å². The highest BCUT2D eigenvalue weighted by molar-refractivity contribution is 5.54. The highest BCUT2D eigenvalue weighted by Gasteiger charge is 2.28. The lowest BCUT2D eigenvalue weighted by Crippen LogP contribution is -2.39. The van der Waals surface area contributed by atoms with Crippen LogP contribution in [0.3, 0.4) is 0 Å². The van der Waals surface area contributed by atoms with E-state index in [-0.39, 0.29) is 6.10 Å². The maximum atomic E-state index is 9.27. The summed E-state index contributed by atoms with van der Waals surface area (Å²) in [4.78, 5) is 10.8. The zero-order chi connectivity index (χ0) is 17.1. The molecule has 1 unspecified atom stereocenters. The van der Waals surface area contributed by atoms with Crippen LogP contribution in [-0.4, -0.2) is 34.8 Å². The summed E-state index contributed by atoms with van der Waals surface area (Å²) >= 11 is 0. The van der Waals surface area contributed by atoms with Crippen LogP contribution in [0, 0.1) is 11.3 Å². The molecule has 7 heteroatoms. The Morgan fingerprint density at radius 2 is 2.04 bits per heavy atom. The Kier molecular flexibility index (Phi) is 4.11. The molecule has 0 aliphatic carbocycles. The number of nitrogens with zero attached hydrogens (tertiary/aromatic N) is 5. The fourth-order valence-corrected chi connectivity index (χ4v) is 2.80. The van der Waals surface area contributed by atoms with Gasteiger partial charge in [-0.15, -0.1) is 0 Å². The number of pyridine rings is 1. The van der Waals surface area contributed by atoms with Gasteiger partial charge >= 0.3 is 0 Å². The maximum absolute atomic E-state index is 9.27. The first kappa shape index (κ1) is 15.3. The van der Waals surface area contributed by atoms with Gasteiger partial charge in [0.15, 0.2) is 0 Å². The predicted octanol–water partition coefficient (Wildman–Crippen LogP) is 2.58. The van der Waals surface area contributed by atoms with Gasteiger partial charge in [-0.1, -0.05) is 23.4 Å².